The lowest BCUT2D eigenvalue weighted by atomic mass is 9.96. The molecule has 40 heavy (non-hydrogen) atoms. The Kier molecular flexibility index (Phi) is 11.8. The fourth-order valence-corrected chi connectivity index (χ4v) is 4.10. The van der Waals surface area contributed by atoms with Gasteiger partial charge in [-0.05, 0) is 40.8 Å². The molecule has 1 atom stereocenters. The zero-order chi connectivity index (χ0) is 28.9. The van der Waals surface area contributed by atoms with Gasteiger partial charge in [0.15, 0.2) is 0 Å². The molecule has 0 saturated carbocycles. The van der Waals surface area contributed by atoms with Gasteiger partial charge < -0.3 is 26.4 Å². The normalized spacial score (nSPS) is 11.2. The van der Waals surface area contributed by atoms with Gasteiger partial charge in [0.25, 0.3) is 0 Å². The van der Waals surface area contributed by atoms with E-state index in [1.807, 2.05) is 42.5 Å². The summed E-state index contributed by atoms with van der Waals surface area (Å²) in [5.41, 5.74) is 3.33. The second-order valence-electron chi connectivity index (χ2n) is 8.92. The molecule has 210 valence electrons. The van der Waals surface area contributed by atoms with Crippen LogP contribution in [0, 0.1) is 0 Å². The number of benzene rings is 3. The maximum absolute atomic E-state index is 12.2. The van der Waals surface area contributed by atoms with Crippen molar-refractivity contribution < 1.29 is 24.3 Å². The zero-order valence-electron chi connectivity index (χ0n) is 21.6. The molecular formula is C29H30Cl2N4O5. The number of aliphatic carboxylic acids is 1. The molecule has 0 aliphatic rings. The Morgan fingerprint density at radius 1 is 0.750 bits per heavy atom. The Morgan fingerprint density at radius 2 is 1.45 bits per heavy atom. The third-order valence-electron chi connectivity index (χ3n) is 5.97. The van der Waals surface area contributed by atoms with Crippen molar-refractivity contribution in [3.05, 3.63) is 94.0 Å². The van der Waals surface area contributed by atoms with Crippen LogP contribution in [0.1, 0.15) is 29.9 Å². The summed E-state index contributed by atoms with van der Waals surface area (Å²) in [4.78, 5) is 47.9. The monoisotopic (exact) mass is 584 g/mol. The van der Waals surface area contributed by atoms with Gasteiger partial charge in [-0.15, -0.1) is 0 Å². The molecule has 3 aromatic carbocycles. The van der Waals surface area contributed by atoms with Crippen molar-refractivity contribution in [1.29, 1.82) is 0 Å². The van der Waals surface area contributed by atoms with Crippen LogP contribution in [0.3, 0.4) is 0 Å². The van der Waals surface area contributed by atoms with Crippen molar-refractivity contribution in [1.82, 2.24) is 21.3 Å². The van der Waals surface area contributed by atoms with E-state index >= 15 is 0 Å². The molecular weight excluding hydrogens is 555 g/mol. The van der Waals surface area contributed by atoms with Crippen molar-refractivity contribution in [2.45, 2.75) is 25.3 Å². The third kappa shape index (κ3) is 9.91. The number of carbonyl (C=O) groups is 4. The van der Waals surface area contributed by atoms with Gasteiger partial charge in [0.1, 0.15) is 0 Å². The predicted molar refractivity (Wildman–Crippen MR) is 154 cm³/mol. The molecule has 1 unspecified atom stereocenters. The van der Waals surface area contributed by atoms with Gasteiger partial charge in [-0.2, -0.15) is 0 Å². The Bertz CT molecular complexity index is 1320. The lowest BCUT2D eigenvalue weighted by molar-refractivity contribution is -0.138. The number of carboxylic acid groups (broad SMARTS) is 1. The number of hydrogen-bond acceptors (Lipinski definition) is 4. The van der Waals surface area contributed by atoms with E-state index < -0.39 is 23.8 Å². The lowest BCUT2D eigenvalue weighted by Gasteiger charge is -2.15. The average molecular weight is 585 g/mol. The van der Waals surface area contributed by atoms with Crippen LogP contribution in [0.25, 0.3) is 11.1 Å². The molecule has 0 fully saturated rings. The van der Waals surface area contributed by atoms with E-state index in [1.54, 1.807) is 30.3 Å². The third-order valence-corrected chi connectivity index (χ3v) is 6.71. The van der Waals surface area contributed by atoms with Crippen LogP contribution >= 0.6 is 23.2 Å². The van der Waals surface area contributed by atoms with Crippen LogP contribution in [-0.4, -0.2) is 48.6 Å². The van der Waals surface area contributed by atoms with E-state index in [2.05, 4.69) is 21.3 Å². The largest absolute Gasteiger partial charge is 0.481 e. The summed E-state index contributed by atoms with van der Waals surface area (Å²) in [7, 11) is 0. The highest BCUT2D eigenvalue weighted by Crippen LogP contribution is 2.23. The first-order chi connectivity index (χ1) is 19.2. The first kappa shape index (κ1) is 30.5. The van der Waals surface area contributed by atoms with Gasteiger partial charge >= 0.3 is 12.0 Å². The van der Waals surface area contributed by atoms with Crippen molar-refractivity contribution in [3.63, 3.8) is 0 Å². The number of nitrogens with one attached hydrogen (secondary N) is 4. The highest BCUT2D eigenvalue weighted by Gasteiger charge is 2.21. The minimum Gasteiger partial charge on any atom is -0.481 e. The zero-order valence-corrected chi connectivity index (χ0v) is 23.1. The van der Waals surface area contributed by atoms with E-state index in [0.717, 1.165) is 16.7 Å². The molecule has 5 N–H and O–H groups in total. The number of carbonyl (C=O) groups excluding carboxylic acids is 3. The van der Waals surface area contributed by atoms with Crippen molar-refractivity contribution in [3.8, 4) is 11.1 Å². The number of amides is 4. The second-order valence-corrected chi connectivity index (χ2v) is 9.74. The molecule has 0 heterocycles. The fourth-order valence-electron chi connectivity index (χ4n) is 3.78. The molecule has 9 nitrogen and oxygen atoms in total. The van der Waals surface area contributed by atoms with Crippen LogP contribution in [-0.2, 0) is 20.9 Å². The smallest absolute Gasteiger partial charge is 0.315 e. The molecule has 0 aliphatic heterocycles. The Morgan fingerprint density at radius 3 is 2.12 bits per heavy atom. The first-order valence-electron chi connectivity index (χ1n) is 12.6. The summed E-state index contributed by atoms with van der Waals surface area (Å²) in [6.45, 7) is 0.127. The molecule has 0 radical (unpaired) electrons. The molecule has 3 rings (SSSR count). The average Bonchev–Trinajstić information content (AvgIpc) is 2.95. The molecule has 0 saturated heterocycles. The summed E-state index contributed by atoms with van der Waals surface area (Å²) >= 11 is 11.8. The van der Waals surface area contributed by atoms with Crippen LogP contribution in [0.4, 0.5) is 4.79 Å². The Labute approximate surface area is 242 Å². The second kappa shape index (κ2) is 15.5. The van der Waals surface area contributed by atoms with Gasteiger partial charge in [0.2, 0.25) is 11.8 Å². The minimum atomic E-state index is -1.06. The quantitative estimate of drug-likeness (QED) is 0.190. The molecule has 0 aromatic heterocycles. The maximum Gasteiger partial charge on any atom is 0.315 e. The Hall–Kier alpha value is -4.08. The summed E-state index contributed by atoms with van der Waals surface area (Å²) < 4.78 is 0. The van der Waals surface area contributed by atoms with Crippen LogP contribution in [0.15, 0.2) is 72.8 Å². The van der Waals surface area contributed by atoms with Crippen molar-refractivity contribution >= 4 is 47.0 Å². The number of hydrogen-bond donors (Lipinski definition) is 5. The van der Waals surface area contributed by atoms with Crippen molar-refractivity contribution in [2.75, 3.05) is 19.6 Å². The van der Waals surface area contributed by atoms with E-state index in [4.69, 9.17) is 23.2 Å². The van der Waals surface area contributed by atoms with E-state index in [0.29, 0.717) is 22.0 Å². The SMILES string of the molecule is O=C(CCCNC(=O)NCc1ccc(Cl)c(Cl)c1)NCC(=O)NCC(C(=O)O)c1ccc(-c2ccccc2)cc1. The highest BCUT2D eigenvalue weighted by atomic mass is 35.5. The fraction of sp³-hybridized carbons (Fsp3) is 0.241. The lowest BCUT2D eigenvalue weighted by Crippen LogP contribution is -2.40. The van der Waals surface area contributed by atoms with Crippen LogP contribution in [0.2, 0.25) is 10.0 Å². The van der Waals surface area contributed by atoms with Crippen molar-refractivity contribution in [2.24, 2.45) is 0 Å². The van der Waals surface area contributed by atoms with Gasteiger partial charge in [0.05, 0.1) is 22.5 Å². The van der Waals surface area contributed by atoms with Gasteiger partial charge in [-0.25, -0.2) is 4.79 Å². The number of urea groups is 1. The highest BCUT2D eigenvalue weighted by molar-refractivity contribution is 6.42. The topological polar surface area (TPSA) is 137 Å². The number of carboxylic acids is 1. The van der Waals surface area contributed by atoms with Crippen LogP contribution < -0.4 is 21.3 Å². The van der Waals surface area contributed by atoms with E-state index in [-0.39, 0.29) is 38.5 Å². The molecule has 0 bridgehead atoms. The molecule has 4 amide bonds. The summed E-state index contributed by atoms with van der Waals surface area (Å²) in [6, 6.07) is 21.5. The molecule has 0 spiro atoms. The summed E-state index contributed by atoms with van der Waals surface area (Å²) in [5, 5.41) is 20.9. The minimum absolute atomic E-state index is 0.103. The maximum atomic E-state index is 12.2. The van der Waals surface area contributed by atoms with E-state index in [9.17, 15) is 24.3 Å². The summed E-state index contributed by atoms with van der Waals surface area (Å²) in [5.74, 6) is -2.86. The predicted octanol–water partition coefficient (Wildman–Crippen LogP) is 4.34. The van der Waals surface area contributed by atoms with Gasteiger partial charge in [0, 0.05) is 26.1 Å². The first-order valence-corrected chi connectivity index (χ1v) is 13.4. The van der Waals surface area contributed by atoms with Gasteiger partial charge in [-0.1, -0.05) is 83.9 Å². The molecule has 3 aromatic rings. The molecule has 11 heteroatoms. The van der Waals surface area contributed by atoms with Gasteiger partial charge in [-0.3, -0.25) is 14.4 Å². The standard InChI is InChI=1S/C29H30Cl2N4O5/c30-24-13-8-19(15-25(24)31)16-35-29(40)32-14-4-7-26(36)34-18-27(37)33-17-23(28(38)39)22-11-9-21(10-12-22)20-5-2-1-3-6-20/h1-3,5-6,8-13,15,23H,4,7,14,16-18H2,(H,33,37)(H,34,36)(H,38,39)(H2,32,35,40). The molecule has 0 aliphatic carbocycles. The summed E-state index contributed by atoms with van der Waals surface area (Å²) in [6.07, 6.45) is 0.472. The number of halogens is 2. The van der Waals surface area contributed by atoms with Crippen LogP contribution in [0.5, 0.6) is 0 Å². The Balaban J connectivity index is 1.32. The number of rotatable bonds is 13. The van der Waals surface area contributed by atoms with E-state index in [1.165, 1.54) is 0 Å².